The number of hydrogen-bond acceptors (Lipinski definition) is 2. The van der Waals surface area contributed by atoms with E-state index in [1.807, 2.05) is 0 Å². The molecule has 1 aromatic carbocycles. The van der Waals surface area contributed by atoms with Crippen molar-refractivity contribution >= 4 is 0 Å². The van der Waals surface area contributed by atoms with E-state index in [1.165, 1.54) is 5.56 Å². The summed E-state index contributed by atoms with van der Waals surface area (Å²) in [7, 11) is 0. The van der Waals surface area contributed by atoms with Crippen molar-refractivity contribution in [1.29, 1.82) is 0 Å². The first kappa shape index (κ1) is 17.3. The summed E-state index contributed by atoms with van der Waals surface area (Å²) in [5.41, 5.74) is 1.72. The Hall–Kier alpha value is -1.02. The van der Waals surface area contributed by atoms with Gasteiger partial charge in [0.2, 0.25) is 0 Å². The van der Waals surface area contributed by atoms with E-state index in [0.717, 1.165) is 25.0 Å². The van der Waals surface area contributed by atoms with Gasteiger partial charge in [-0.2, -0.15) is 0 Å². The van der Waals surface area contributed by atoms with Gasteiger partial charge >= 0.3 is 0 Å². The van der Waals surface area contributed by atoms with E-state index in [4.69, 9.17) is 4.74 Å². The van der Waals surface area contributed by atoms with Crippen molar-refractivity contribution in [3.05, 3.63) is 29.8 Å². The van der Waals surface area contributed by atoms with Crippen molar-refractivity contribution < 1.29 is 4.74 Å². The summed E-state index contributed by atoms with van der Waals surface area (Å²) >= 11 is 0. The Labute approximate surface area is 136 Å². The van der Waals surface area contributed by atoms with Gasteiger partial charge in [0.05, 0.1) is 0 Å². The van der Waals surface area contributed by atoms with Gasteiger partial charge in [-0.05, 0) is 55.2 Å². The van der Waals surface area contributed by atoms with Crippen LogP contribution < -0.4 is 10.1 Å². The monoisotopic (exact) mass is 303 g/mol. The highest BCUT2D eigenvalue weighted by atomic mass is 16.5. The van der Waals surface area contributed by atoms with E-state index in [0.29, 0.717) is 29.5 Å². The Morgan fingerprint density at radius 3 is 2.18 bits per heavy atom. The molecule has 0 bridgehead atoms. The lowest BCUT2D eigenvalue weighted by Crippen LogP contribution is -2.50. The smallest absolute Gasteiger partial charge is 0.119 e. The van der Waals surface area contributed by atoms with Gasteiger partial charge < -0.3 is 10.1 Å². The molecule has 1 saturated carbocycles. The summed E-state index contributed by atoms with van der Waals surface area (Å²) in [6.45, 7) is 13.6. The van der Waals surface area contributed by atoms with Crippen molar-refractivity contribution in [2.75, 3.05) is 0 Å². The maximum absolute atomic E-state index is 6.07. The van der Waals surface area contributed by atoms with Crippen molar-refractivity contribution in [1.82, 2.24) is 5.32 Å². The summed E-state index contributed by atoms with van der Waals surface area (Å²) in [5.74, 6) is 1.70. The van der Waals surface area contributed by atoms with Crippen molar-refractivity contribution in [3.63, 3.8) is 0 Å². The molecule has 1 fully saturated rings. The number of ether oxygens (including phenoxy) is 1. The van der Waals surface area contributed by atoms with Crippen molar-refractivity contribution in [2.24, 2.45) is 11.3 Å². The quantitative estimate of drug-likeness (QED) is 0.813. The lowest BCUT2D eigenvalue weighted by atomic mass is 9.87. The van der Waals surface area contributed by atoms with Crippen molar-refractivity contribution in [2.45, 2.75) is 79.0 Å². The summed E-state index contributed by atoms with van der Waals surface area (Å²) in [4.78, 5) is 0. The highest BCUT2D eigenvalue weighted by molar-refractivity contribution is 5.28. The minimum absolute atomic E-state index is 0.336. The van der Waals surface area contributed by atoms with Gasteiger partial charge in [-0.1, -0.05) is 46.8 Å². The molecule has 0 aromatic heterocycles. The van der Waals surface area contributed by atoms with Crippen LogP contribution in [0.15, 0.2) is 24.3 Å². The van der Waals surface area contributed by atoms with Crippen LogP contribution in [0.5, 0.6) is 5.75 Å². The largest absolute Gasteiger partial charge is 0.490 e. The van der Waals surface area contributed by atoms with E-state index in [9.17, 15) is 0 Å². The van der Waals surface area contributed by atoms with Gasteiger partial charge in [-0.15, -0.1) is 0 Å². The van der Waals surface area contributed by atoms with Crippen LogP contribution >= 0.6 is 0 Å². The van der Waals surface area contributed by atoms with Crippen LogP contribution in [0, 0.1) is 11.3 Å². The molecule has 1 atom stereocenters. The van der Waals surface area contributed by atoms with E-state index in [2.05, 4.69) is 71.1 Å². The highest BCUT2D eigenvalue weighted by Gasteiger charge is 2.31. The Balaban J connectivity index is 1.75. The van der Waals surface area contributed by atoms with E-state index in [1.54, 1.807) is 0 Å². The second kappa shape index (κ2) is 7.04. The first-order valence-electron chi connectivity index (χ1n) is 8.74. The number of benzene rings is 1. The van der Waals surface area contributed by atoms with Gasteiger partial charge in [0.25, 0.3) is 0 Å². The zero-order valence-corrected chi connectivity index (χ0v) is 15.1. The molecule has 0 spiro atoms. The molecule has 2 nitrogen and oxygen atoms in total. The Kier molecular flexibility index (Phi) is 5.55. The predicted molar refractivity (Wildman–Crippen MR) is 94.5 cm³/mol. The summed E-state index contributed by atoms with van der Waals surface area (Å²) in [5, 5.41) is 3.69. The fraction of sp³-hybridized carbons (Fsp3) is 0.700. The lowest BCUT2D eigenvalue weighted by Gasteiger charge is -2.38. The average molecular weight is 303 g/mol. The van der Waals surface area contributed by atoms with Crippen LogP contribution in [0.1, 0.15) is 59.9 Å². The molecule has 22 heavy (non-hydrogen) atoms. The second-order valence-electron chi connectivity index (χ2n) is 8.49. The minimum atomic E-state index is 0.336. The molecule has 1 N–H and O–H groups in total. The summed E-state index contributed by atoms with van der Waals surface area (Å²) < 4.78 is 6.07. The molecular formula is C20H33NO. The first-order chi connectivity index (χ1) is 10.2. The van der Waals surface area contributed by atoms with Gasteiger partial charge in [0, 0.05) is 12.1 Å². The molecule has 2 heteroatoms. The number of rotatable bonds is 6. The van der Waals surface area contributed by atoms with Gasteiger partial charge in [-0.25, -0.2) is 0 Å². The molecular weight excluding hydrogens is 270 g/mol. The van der Waals surface area contributed by atoms with Crippen LogP contribution in [-0.2, 0) is 6.42 Å². The fourth-order valence-corrected chi connectivity index (χ4v) is 2.85. The Morgan fingerprint density at radius 1 is 1.09 bits per heavy atom. The van der Waals surface area contributed by atoms with E-state index < -0.39 is 0 Å². The zero-order valence-electron chi connectivity index (χ0n) is 15.1. The summed E-state index contributed by atoms with van der Waals surface area (Å²) in [6.07, 6.45) is 3.74. The standard InChI is InChI=1S/C20H33NO/c1-14(2)15(3)21-17-11-19(12-17)22-18-9-7-16(8-10-18)13-20(4,5)6/h7-10,14-15,17,19,21H,11-13H2,1-6H3/t15-,17-,19+/m0/s1. The average Bonchev–Trinajstić information content (AvgIpc) is 2.36. The van der Waals surface area contributed by atoms with Crippen LogP contribution in [0.25, 0.3) is 0 Å². The topological polar surface area (TPSA) is 21.3 Å². The molecule has 0 heterocycles. The van der Waals surface area contributed by atoms with Gasteiger partial charge in [0.1, 0.15) is 11.9 Å². The first-order valence-corrected chi connectivity index (χ1v) is 8.74. The van der Waals surface area contributed by atoms with Crippen molar-refractivity contribution in [3.8, 4) is 5.75 Å². The predicted octanol–water partition coefficient (Wildman–Crippen LogP) is 4.82. The lowest BCUT2D eigenvalue weighted by molar-refractivity contribution is 0.0774. The van der Waals surface area contributed by atoms with Gasteiger partial charge in [-0.3, -0.25) is 0 Å². The minimum Gasteiger partial charge on any atom is -0.490 e. The maximum Gasteiger partial charge on any atom is 0.119 e. The third-order valence-corrected chi connectivity index (χ3v) is 4.55. The number of nitrogens with one attached hydrogen (secondary N) is 1. The molecule has 1 aromatic rings. The van der Waals surface area contributed by atoms with E-state index in [-0.39, 0.29) is 0 Å². The Morgan fingerprint density at radius 2 is 1.68 bits per heavy atom. The van der Waals surface area contributed by atoms with Crippen LogP contribution in [-0.4, -0.2) is 18.2 Å². The zero-order chi connectivity index (χ0) is 16.3. The van der Waals surface area contributed by atoms with Crippen LogP contribution in [0.2, 0.25) is 0 Å². The molecule has 1 aliphatic rings. The SMILES string of the molecule is CC(C)[C@H](C)N[C@H]1C[C@@H](Oc2ccc(CC(C)(C)C)cc2)C1. The molecule has 1 aliphatic carbocycles. The fourth-order valence-electron chi connectivity index (χ4n) is 2.85. The third-order valence-electron chi connectivity index (χ3n) is 4.55. The molecule has 0 aliphatic heterocycles. The highest BCUT2D eigenvalue weighted by Crippen LogP contribution is 2.28. The second-order valence-corrected chi connectivity index (χ2v) is 8.49. The maximum atomic E-state index is 6.07. The number of hydrogen-bond donors (Lipinski definition) is 1. The van der Waals surface area contributed by atoms with E-state index >= 15 is 0 Å². The molecule has 124 valence electrons. The van der Waals surface area contributed by atoms with Gasteiger partial charge in [0.15, 0.2) is 0 Å². The van der Waals surface area contributed by atoms with Crippen LogP contribution in [0.3, 0.4) is 0 Å². The Bertz CT molecular complexity index is 452. The molecule has 0 radical (unpaired) electrons. The summed E-state index contributed by atoms with van der Waals surface area (Å²) in [6, 6.07) is 9.87. The third kappa shape index (κ3) is 5.31. The molecule has 0 unspecified atom stereocenters. The normalized spacial score (nSPS) is 23.2. The molecule has 2 rings (SSSR count). The molecule has 0 saturated heterocycles. The molecule has 0 amide bonds. The van der Waals surface area contributed by atoms with Crippen LogP contribution in [0.4, 0.5) is 0 Å².